The molecule has 0 saturated heterocycles. The molecule has 4 heteroatoms. The number of hydrogen-bond donors (Lipinski definition) is 1. The Kier molecular flexibility index (Phi) is 8.95. The molecule has 146 valence electrons. The highest BCUT2D eigenvalue weighted by Gasteiger charge is 2.44. The van der Waals surface area contributed by atoms with Crippen molar-refractivity contribution < 1.29 is 19.4 Å². The summed E-state index contributed by atoms with van der Waals surface area (Å²) in [5.41, 5.74) is -0.495. The molecule has 0 bridgehead atoms. The number of carbonyl (C=O) groups is 2. The fourth-order valence-electron chi connectivity index (χ4n) is 4.33. The number of carboxylic acids is 1. The van der Waals surface area contributed by atoms with Crippen LogP contribution in [0, 0.1) is 23.7 Å². The Morgan fingerprint density at radius 3 is 2.04 bits per heavy atom. The molecule has 1 rings (SSSR count). The highest BCUT2D eigenvalue weighted by Crippen LogP contribution is 2.39. The van der Waals surface area contributed by atoms with Crippen molar-refractivity contribution >= 4 is 11.9 Å². The van der Waals surface area contributed by atoms with Gasteiger partial charge in [0.2, 0.25) is 0 Å². The van der Waals surface area contributed by atoms with E-state index < -0.39 is 23.4 Å². The fourth-order valence-corrected chi connectivity index (χ4v) is 4.33. The number of esters is 1. The lowest BCUT2D eigenvalue weighted by Crippen LogP contribution is -2.48. The predicted molar refractivity (Wildman–Crippen MR) is 100 cm³/mol. The Balaban J connectivity index is 2.90. The van der Waals surface area contributed by atoms with Crippen LogP contribution in [0.15, 0.2) is 0 Å². The summed E-state index contributed by atoms with van der Waals surface area (Å²) in [7, 11) is 0. The molecule has 0 aromatic rings. The third-order valence-electron chi connectivity index (χ3n) is 6.05. The van der Waals surface area contributed by atoms with Crippen molar-refractivity contribution in [1.29, 1.82) is 0 Å². The summed E-state index contributed by atoms with van der Waals surface area (Å²) in [5, 5.41) is 9.47. The van der Waals surface area contributed by atoms with Gasteiger partial charge in [0, 0.05) is 0 Å². The first kappa shape index (κ1) is 22.0. The zero-order chi connectivity index (χ0) is 19.0. The number of carbonyl (C=O) groups excluding carboxylic acids is 1. The minimum absolute atomic E-state index is 0.213. The quantitative estimate of drug-likeness (QED) is 0.419. The molecule has 0 aromatic heterocycles. The number of rotatable bonds is 10. The highest BCUT2D eigenvalue weighted by molar-refractivity contribution is 5.81. The molecule has 0 amide bonds. The largest absolute Gasteiger partial charge is 0.481 e. The molecule has 1 fully saturated rings. The average Bonchev–Trinajstić information content (AvgIpc) is 2.56. The summed E-state index contributed by atoms with van der Waals surface area (Å²) in [6, 6.07) is 0. The Labute approximate surface area is 153 Å². The number of unbranched alkanes of at least 4 members (excludes halogenated alkanes) is 3. The first-order chi connectivity index (χ1) is 11.8. The normalized spacial score (nSPS) is 21.6. The van der Waals surface area contributed by atoms with Crippen LogP contribution in [0.5, 0.6) is 0 Å². The van der Waals surface area contributed by atoms with Crippen LogP contribution >= 0.6 is 0 Å². The second kappa shape index (κ2) is 10.2. The van der Waals surface area contributed by atoms with Gasteiger partial charge in [-0.25, -0.2) is 0 Å². The molecule has 0 radical (unpaired) electrons. The molecule has 1 N–H and O–H groups in total. The van der Waals surface area contributed by atoms with Crippen molar-refractivity contribution in [1.82, 2.24) is 0 Å². The second-order valence-corrected chi connectivity index (χ2v) is 8.33. The maximum absolute atomic E-state index is 12.9. The van der Waals surface area contributed by atoms with Gasteiger partial charge in [0.1, 0.15) is 5.60 Å². The summed E-state index contributed by atoms with van der Waals surface area (Å²) in [4.78, 5) is 24.5. The monoisotopic (exact) mass is 354 g/mol. The maximum Gasteiger partial charge on any atom is 0.310 e. The summed E-state index contributed by atoms with van der Waals surface area (Å²) in [6.45, 7) is 10.6. The third-order valence-corrected chi connectivity index (χ3v) is 6.05. The molecule has 1 aliphatic rings. The van der Waals surface area contributed by atoms with Gasteiger partial charge in [0.15, 0.2) is 0 Å². The second-order valence-electron chi connectivity index (χ2n) is 8.33. The van der Waals surface area contributed by atoms with E-state index in [1.54, 1.807) is 0 Å². The molecule has 0 spiro atoms. The number of hydrogen-bond acceptors (Lipinski definition) is 3. The minimum atomic E-state index is -0.857. The van der Waals surface area contributed by atoms with Gasteiger partial charge in [-0.05, 0) is 37.5 Å². The van der Waals surface area contributed by atoms with Gasteiger partial charge >= 0.3 is 11.9 Å². The van der Waals surface area contributed by atoms with E-state index in [9.17, 15) is 14.7 Å². The molecule has 0 heterocycles. The minimum Gasteiger partial charge on any atom is -0.481 e. The molecule has 1 aliphatic carbocycles. The van der Waals surface area contributed by atoms with Crippen LogP contribution in [0.1, 0.15) is 92.4 Å². The van der Waals surface area contributed by atoms with E-state index in [-0.39, 0.29) is 17.8 Å². The zero-order valence-corrected chi connectivity index (χ0v) is 16.8. The predicted octanol–water partition coefficient (Wildman–Crippen LogP) is 5.44. The van der Waals surface area contributed by atoms with E-state index in [0.717, 1.165) is 32.1 Å². The van der Waals surface area contributed by atoms with Gasteiger partial charge in [0.25, 0.3) is 0 Å². The van der Waals surface area contributed by atoms with Crippen molar-refractivity contribution in [2.24, 2.45) is 23.7 Å². The summed E-state index contributed by atoms with van der Waals surface area (Å²) in [6.07, 6.45) is 8.45. The molecular formula is C21H38O4. The summed E-state index contributed by atoms with van der Waals surface area (Å²) in [5.74, 6) is -1.79. The fraction of sp³-hybridized carbons (Fsp3) is 0.905. The van der Waals surface area contributed by atoms with Gasteiger partial charge in [-0.3, -0.25) is 9.59 Å². The van der Waals surface area contributed by atoms with Gasteiger partial charge in [-0.1, -0.05) is 66.7 Å². The number of carboxylic acid groups (broad SMARTS) is 1. The SMILES string of the molecule is CCCCCCC(OC(=O)C1CCCCC1C(=O)O)(C(C)C)C(C)C. The van der Waals surface area contributed by atoms with Crippen LogP contribution in [0.2, 0.25) is 0 Å². The Morgan fingerprint density at radius 1 is 1.00 bits per heavy atom. The smallest absolute Gasteiger partial charge is 0.310 e. The van der Waals surface area contributed by atoms with Crippen molar-refractivity contribution in [3.8, 4) is 0 Å². The molecule has 2 atom stereocenters. The van der Waals surface area contributed by atoms with Crippen molar-refractivity contribution in [3.63, 3.8) is 0 Å². The zero-order valence-electron chi connectivity index (χ0n) is 16.8. The van der Waals surface area contributed by atoms with Crippen LogP contribution in [0.4, 0.5) is 0 Å². The molecule has 0 aromatic carbocycles. The van der Waals surface area contributed by atoms with Crippen LogP contribution < -0.4 is 0 Å². The molecule has 2 unspecified atom stereocenters. The lowest BCUT2D eigenvalue weighted by molar-refractivity contribution is -0.184. The van der Waals surface area contributed by atoms with Crippen molar-refractivity contribution in [2.45, 2.75) is 98.0 Å². The Hall–Kier alpha value is -1.06. The highest BCUT2D eigenvalue weighted by atomic mass is 16.6. The van der Waals surface area contributed by atoms with E-state index in [2.05, 4.69) is 34.6 Å². The van der Waals surface area contributed by atoms with Crippen LogP contribution in [-0.4, -0.2) is 22.6 Å². The molecular weight excluding hydrogens is 316 g/mol. The Bertz CT molecular complexity index is 420. The van der Waals surface area contributed by atoms with Crippen LogP contribution in [0.25, 0.3) is 0 Å². The van der Waals surface area contributed by atoms with Crippen molar-refractivity contribution in [2.75, 3.05) is 0 Å². The van der Waals surface area contributed by atoms with Crippen LogP contribution in [-0.2, 0) is 14.3 Å². The molecule has 0 aliphatic heterocycles. The first-order valence-electron chi connectivity index (χ1n) is 10.2. The lowest BCUT2D eigenvalue weighted by atomic mass is 9.75. The van der Waals surface area contributed by atoms with Gasteiger partial charge in [-0.2, -0.15) is 0 Å². The van der Waals surface area contributed by atoms with Crippen molar-refractivity contribution in [3.05, 3.63) is 0 Å². The number of ether oxygens (including phenoxy) is 1. The standard InChI is InChI=1S/C21H38O4/c1-6-7-8-11-14-21(15(2)3,16(4)5)25-20(24)18-13-10-9-12-17(18)19(22)23/h15-18H,6-14H2,1-5H3,(H,22,23). The maximum atomic E-state index is 12.9. The average molecular weight is 355 g/mol. The number of aliphatic carboxylic acids is 1. The topological polar surface area (TPSA) is 63.6 Å². The Morgan fingerprint density at radius 2 is 1.56 bits per heavy atom. The van der Waals surface area contributed by atoms with E-state index >= 15 is 0 Å². The lowest BCUT2D eigenvalue weighted by Gasteiger charge is -2.42. The summed E-state index contributed by atoms with van der Waals surface area (Å²) < 4.78 is 6.16. The van der Waals surface area contributed by atoms with E-state index in [1.165, 1.54) is 12.8 Å². The van der Waals surface area contributed by atoms with Gasteiger partial charge in [-0.15, -0.1) is 0 Å². The van der Waals surface area contributed by atoms with Gasteiger partial charge < -0.3 is 9.84 Å². The molecule has 25 heavy (non-hydrogen) atoms. The van der Waals surface area contributed by atoms with E-state index in [1.807, 2.05) is 0 Å². The molecule has 1 saturated carbocycles. The third kappa shape index (κ3) is 5.72. The first-order valence-corrected chi connectivity index (χ1v) is 10.2. The van der Waals surface area contributed by atoms with E-state index in [4.69, 9.17) is 4.74 Å². The summed E-state index contributed by atoms with van der Waals surface area (Å²) >= 11 is 0. The molecule has 4 nitrogen and oxygen atoms in total. The van der Waals surface area contributed by atoms with Gasteiger partial charge in [0.05, 0.1) is 11.8 Å². The van der Waals surface area contributed by atoms with Crippen LogP contribution in [0.3, 0.4) is 0 Å². The van der Waals surface area contributed by atoms with E-state index in [0.29, 0.717) is 12.8 Å².